The summed E-state index contributed by atoms with van der Waals surface area (Å²) in [4.78, 5) is 11.2. The maximum atomic E-state index is 11.2. The van der Waals surface area contributed by atoms with Crippen LogP contribution in [0, 0.1) is 6.92 Å². The van der Waals surface area contributed by atoms with Gasteiger partial charge in [0.25, 0.3) is 0 Å². The zero-order valence-corrected chi connectivity index (χ0v) is 13.0. The summed E-state index contributed by atoms with van der Waals surface area (Å²) in [5.41, 5.74) is 0. The van der Waals surface area contributed by atoms with E-state index in [9.17, 15) is 4.79 Å². The van der Waals surface area contributed by atoms with Crippen molar-refractivity contribution in [3.05, 3.63) is 6.92 Å². The van der Waals surface area contributed by atoms with Gasteiger partial charge in [0.15, 0.2) is 5.12 Å². The molecule has 0 spiro atoms. The molecule has 0 fully saturated rings. The van der Waals surface area contributed by atoms with Gasteiger partial charge in [0.2, 0.25) is 0 Å². The van der Waals surface area contributed by atoms with Crippen molar-refractivity contribution in [3.8, 4) is 0 Å². The largest absolute Gasteiger partial charge is 0.287 e. The molecule has 0 aromatic heterocycles. The predicted octanol–water partition coefficient (Wildman–Crippen LogP) is 5.78. The molecular formula is C16H31OS. The molecule has 2 heteroatoms. The highest BCUT2D eigenvalue weighted by Gasteiger charge is 2.00. The van der Waals surface area contributed by atoms with E-state index >= 15 is 0 Å². The minimum Gasteiger partial charge on any atom is -0.287 e. The van der Waals surface area contributed by atoms with E-state index in [0.717, 1.165) is 12.8 Å². The molecular weight excluding hydrogens is 240 g/mol. The minimum absolute atomic E-state index is 0.320. The van der Waals surface area contributed by atoms with Crippen molar-refractivity contribution in [2.75, 3.05) is 5.75 Å². The first-order chi connectivity index (χ1) is 8.81. The van der Waals surface area contributed by atoms with Crippen molar-refractivity contribution in [3.63, 3.8) is 0 Å². The molecule has 0 unspecified atom stereocenters. The van der Waals surface area contributed by atoms with Crippen LogP contribution in [0.4, 0.5) is 0 Å². The van der Waals surface area contributed by atoms with Gasteiger partial charge in [0.1, 0.15) is 0 Å². The van der Waals surface area contributed by atoms with Crippen molar-refractivity contribution in [2.45, 2.75) is 84.0 Å². The topological polar surface area (TPSA) is 17.1 Å². The van der Waals surface area contributed by atoms with Crippen LogP contribution in [-0.4, -0.2) is 10.9 Å². The summed E-state index contributed by atoms with van der Waals surface area (Å²) in [6, 6.07) is 0. The van der Waals surface area contributed by atoms with Gasteiger partial charge in [-0.3, -0.25) is 4.79 Å². The lowest BCUT2D eigenvalue weighted by Gasteiger charge is -2.02. The first kappa shape index (κ1) is 18.0. The molecule has 0 rings (SSSR count). The number of hydrogen-bond donors (Lipinski definition) is 0. The van der Waals surface area contributed by atoms with Crippen LogP contribution in [0.3, 0.4) is 0 Å². The summed E-state index contributed by atoms with van der Waals surface area (Å²) >= 11 is 1.36. The maximum absolute atomic E-state index is 11.2. The highest BCUT2D eigenvalue weighted by molar-refractivity contribution is 8.13. The summed E-state index contributed by atoms with van der Waals surface area (Å²) in [7, 11) is 0. The number of rotatable bonds is 13. The van der Waals surface area contributed by atoms with E-state index in [1.54, 1.807) is 0 Å². The Balaban J connectivity index is 3.01. The molecule has 0 aliphatic rings. The third-order valence-corrected chi connectivity index (χ3v) is 3.98. The Morgan fingerprint density at radius 1 is 0.833 bits per heavy atom. The second-order valence-electron chi connectivity index (χ2n) is 5.01. The molecule has 0 aromatic rings. The fourth-order valence-electron chi connectivity index (χ4n) is 2.12. The van der Waals surface area contributed by atoms with Crippen LogP contribution in [0.1, 0.15) is 84.0 Å². The lowest BCUT2D eigenvalue weighted by atomic mass is 10.1. The van der Waals surface area contributed by atoms with Gasteiger partial charge >= 0.3 is 0 Å². The van der Waals surface area contributed by atoms with Crippen LogP contribution in [0.5, 0.6) is 0 Å². The zero-order valence-electron chi connectivity index (χ0n) is 12.2. The minimum atomic E-state index is 0.320. The summed E-state index contributed by atoms with van der Waals surface area (Å²) in [6.07, 6.45) is 15.5. The van der Waals surface area contributed by atoms with Gasteiger partial charge < -0.3 is 0 Å². The fraction of sp³-hybridized carbons (Fsp3) is 0.875. The molecule has 0 amide bonds. The van der Waals surface area contributed by atoms with Crippen molar-refractivity contribution in [1.29, 1.82) is 0 Å². The smallest absolute Gasteiger partial charge is 0.188 e. The van der Waals surface area contributed by atoms with Crippen molar-refractivity contribution in [2.24, 2.45) is 0 Å². The molecule has 0 heterocycles. The van der Waals surface area contributed by atoms with Gasteiger partial charge in [-0.25, -0.2) is 0 Å². The van der Waals surface area contributed by atoms with E-state index in [2.05, 4.69) is 13.8 Å². The highest BCUT2D eigenvalue weighted by Crippen LogP contribution is 2.13. The molecule has 18 heavy (non-hydrogen) atoms. The Morgan fingerprint density at radius 2 is 1.28 bits per heavy atom. The van der Waals surface area contributed by atoms with Crippen molar-refractivity contribution >= 4 is 16.9 Å². The summed E-state index contributed by atoms with van der Waals surface area (Å²) < 4.78 is 0. The van der Waals surface area contributed by atoms with E-state index in [-0.39, 0.29) is 0 Å². The Kier molecular flexibility index (Phi) is 15.1. The average molecular weight is 271 g/mol. The number of carbonyl (C=O) groups is 1. The second kappa shape index (κ2) is 15.1. The lowest BCUT2D eigenvalue weighted by Crippen LogP contribution is -1.92. The van der Waals surface area contributed by atoms with Crippen molar-refractivity contribution in [1.82, 2.24) is 0 Å². The molecule has 0 saturated heterocycles. The first-order valence-electron chi connectivity index (χ1n) is 7.76. The van der Waals surface area contributed by atoms with Crippen LogP contribution in [-0.2, 0) is 4.79 Å². The molecule has 107 valence electrons. The lowest BCUT2D eigenvalue weighted by molar-refractivity contribution is -0.111. The van der Waals surface area contributed by atoms with Gasteiger partial charge in [0.05, 0.1) is 0 Å². The summed E-state index contributed by atoms with van der Waals surface area (Å²) in [5.74, 6) is 0.677. The monoisotopic (exact) mass is 271 g/mol. The van der Waals surface area contributed by atoms with E-state index < -0.39 is 0 Å². The Hall–Kier alpha value is 0.0200. The van der Waals surface area contributed by atoms with Crippen LogP contribution in [0.2, 0.25) is 0 Å². The van der Waals surface area contributed by atoms with Crippen LogP contribution >= 0.6 is 11.8 Å². The predicted molar refractivity (Wildman–Crippen MR) is 83.9 cm³/mol. The zero-order chi connectivity index (χ0) is 13.5. The fourth-order valence-corrected chi connectivity index (χ4v) is 2.64. The third-order valence-electron chi connectivity index (χ3n) is 3.25. The number of carbonyl (C=O) groups excluding carboxylic acids is 1. The highest BCUT2D eigenvalue weighted by atomic mass is 32.2. The molecule has 0 saturated carbocycles. The van der Waals surface area contributed by atoms with E-state index in [1.165, 1.54) is 76.0 Å². The van der Waals surface area contributed by atoms with E-state index in [4.69, 9.17) is 0 Å². The van der Waals surface area contributed by atoms with E-state index in [0.29, 0.717) is 10.9 Å². The van der Waals surface area contributed by atoms with Crippen LogP contribution in [0.25, 0.3) is 0 Å². The number of hydrogen-bond acceptors (Lipinski definition) is 2. The SMILES string of the molecule is [CH2]CSC(=O)CCCCCCCCCCCCC. The van der Waals surface area contributed by atoms with Gasteiger partial charge in [-0.05, 0) is 13.3 Å². The van der Waals surface area contributed by atoms with Gasteiger partial charge in [-0.2, -0.15) is 0 Å². The number of thioether (sulfide) groups is 1. The average Bonchev–Trinajstić information content (AvgIpc) is 2.36. The number of unbranched alkanes of at least 4 members (excludes halogenated alkanes) is 10. The molecule has 0 aromatic carbocycles. The molecule has 0 aliphatic carbocycles. The molecule has 1 radical (unpaired) electrons. The first-order valence-corrected chi connectivity index (χ1v) is 8.74. The Bertz CT molecular complexity index is 180. The normalized spacial score (nSPS) is 10.8. The second-order valence-corrected chi connectivity index (χ2v) is 6.16. The summed E-state index contributed by atoms with van der Waals surface area (Å²) in [5, 5.41) is 0.320. The van der Waals surface area contributed by atoms with E-state index in [1.807, 2.05) is 0 Å². The van der Waals surface area contributed by atoms with Crippen LogP contribution in [0.15, 0.2) is 0 Å². The quantitative estimate of drug-likeness (QED) is 0.395. The Labute approximate surface area is 118 Å². The Morgan fingerprint density at radius 3 is 1.72 bits per heavy atom. The van der Waals surface area contributed by atoms with Crippen molar-refractivity contribution < 1.29 is 4.79 Å². The molecule has 0 N–H and O–H groups in total. The molecule has 0 atom stereocenters. The molecule has 0 bridgehead atoms. The maximum Gasteiger partial charge on any atom is 0.188 e. The molecule has 1 nitrogen and oxygen atoms in total. The summed E-state index contributed by atoms with van der Waals surface area (Å²) in [6.45, 7) is 5.94. The van der Waals surface area contributed by atoms with Gasteiger partial charge in [0, 0.05) is 12.2 Å². The van der Waals surface area contributed by atoms with Gasteiger partial charge in [-0.15, -0.1) is 0 Å². The third kappa shape index (κ3) is 14.1. The molecule has 0 aliphatic heterocycles. The standard InChI is InChI=1S/C16H31OS/c1-3-5-6-7-8-9-10-11-12-13-14-15-16(17)18-4-2/h2-15H2,1H3. The van der Waals surface area contributed by atoms with Crippen LogP contribution < -0.4 is 0 Å². The van der Waals surface area contributed by atoms with Gasteiger partial charge in [-0.1, -0.05) is 82.9 Å².